The predicted octanol–water partition coefficient (Wildman–Crippen LogP) is 4.48. The van der Waals surface area contributed by atoms with E-state index in [1.165, 1.54) is 16.0 Å². The van der Waals surface area contributed by atoms with Crippen LogP contribution < -0.4 is 4.74 Å². The quantitative estimate of drug-likeness (QED) is 0.475. The van der Waals surface area contributed by atoms with Crippen molar-refractivity contribution in [3.63, 3.8) is 0 Å². The van der Waals surface area contributed by atoms with Crippen LogP contribution in [0, 0.1) is 6.92 Å². The Kier molecular flexibility index (Phi) is 6.75. The summed E-state index contributed by atoms with van der Waals surface area (Å²) in [5, 5.41) is 2.06. The van der Waals surface area contributed by atoms with Crippen molar-refractivity contribution in [1.29, 1.82) is 0 Å². The molecule has 166 valence electrons. The van der Waals surface area contributed by atoms with Crippen molar-refractivity contribution in [2.45, 2.75) is 19.4 Å². The molecule has 0 fully saturated rings. The molecule has 0 aliphatic carbocycles. The normalized spacial score (nSPS) is 15.2. The number of fused-ring (bicyclic) bond motifs is 1. The minimum absolute atomic E-state index is 0.0495. The molecule has 1 atom stereocenters. The number of hydrogen-bond acceptors (Lipinski definition) is 5. The van der Waals surface area contributed by atoms with Gasteiger partial charge in [0.25, 0.3) is 5.91 Å². The van der Waals surface area contributed by atoms with Gasteiger partial charge in [0, 0.05) is 18.0 Å². The largest absolute Gasteiger partial charge is 0.491 e. The fraction of sp³-hybridized carbons (Fsp3) is 0.280. The number of ether oxygens (including phenoxy) is 1. The lowest BCUT2D eigenvalue weighted by molar-refractivity contribution is -0.135. The first kappa shape index (κ1) is 21.9. The van der Waals surface area contributed by atoms with Gasteiger partial charge in [-0.05, 0) is 54.6 Å². The number of benzene rings is 1. The zero-order valence-electron chi connectivity index (χ0n) is 18.0. The van der Waals surface area contributed by atoms with Crippen LogP contribution in [0.15, 0.2) is 71.2 Å². The molecular formula is C25H26N2O4S. The lowest BCUT2D eigenvalue weighted by Gasteiger charge is -2.37. The van der Waals surface area contributed by atoms with Gasteiger partial charge in [0.1, 0.15) is 18.9 Å². The van der Waals surface area contributed by atoms with Gasteiger partial charge in [-0.2, -0.15) is 0 Å². The zero-order valence-corrected chi connectivity index (χ0v) is 18.8. The fourth-order valence-corrected chi connectivity index (χ4v) is 4.80. The zero-order chi connectivity index (χ0) is 22.5. The summed E-state index contributed by atoms with van der Waals surface area (Å²) < 4.78 is 11.3. The molecule has 0 saturated carbocycles. The minimum atomic E-state index is -0.330. The number of amides is 2. The molecule has 6 nitrogen and oxygen atoms in total. The topological polar surface area (TPSA) is 63.0 Å². The maximum atomic E-state index is 13.4. The van der Waals surface area contributed by atoms with Crippen LogP contribution >= 0.6 is 11.3 Å². The molecule has 0 N–H and O–H groups in total. The number of rotatable bonds is 8. The monoisotopic (exact) mass is 450 g/mol. The maximum Gasteiger partial charge on any atom is 0.290 e. The van der Waals surface area contributed by atoms with Gasteiger partial charge in [-0.3, -0.25) is 9.59 Å². The molecule has 3 heterocycles. The summed E-state index contributed by atoms with van der Waals surface area (Å²) >= 11 is 1.71. The first-order chi connectivity index (χ1) is 15.6. The van der Waals surface area contributed by atoms with Gasteiger partial charge in [-0.1, -0.05) is 23.8 Å². The molecule has 0 bridgehead atoms. The van der Waals surface area contributed by atoms with E-state index in [1.54, 1.807) is 29.5 Å². The lowest BCUT2D eigenvalue weighted by Crippen LogP contribution is -2.47. The molecule has 2 aromatic heterocycles. The van der Waals surface area contributed by atoms with Crippen LogP contribution in [0.25, 0.3) is 0 Å². The van der Waals surface area contributed by atoms with E-state index < -0.39 is 0 Å². The number of hydrogen-bond donors (Lipinski definition) is 0. The standard InChI is InChI=1S/C25H26N2O4S/c1-3-12-26(25(29)22-5-4-14-30-22)16-24(28)27-13-10-23-20(11-15-32-23)21(27)17-31-19-8-6-18(2)7-9-19/h3-9,11,14-15,21H,1,10,12-13,16-17H2,2H3/t21-/m1/s1. The molecule has 1 aliphatic rings. The van der Waals surface area contributed by atoms with Crippen molar-refractivity contribution >= 4 is 23.2 Å². The minimum Gasteiger partial charge on any atom is -0.491 e. The Labute approximate surface area is 191 Å². The summed E-state index contributed by atoms with van der Waals surface area (Å²) in [6.45, 7) is 6.90. The van der Waals surface area contributed by atoms with Crippen LogP contribution in [-0.4, -0.2) is 47.9 Å². The Morgan fingerprint density at radius 3 is 2.81 bits per heavy atom. The molecule has 32 heavy (non-hydrogen) atoms. The Hall–Kier alpha value is -3.32. The first-order valence-electron chi connectivity index (χ1n) is 10.6. The molecule has 0 saturated heterocycles. The number of carbonyl (C=O) groups is 2. The number of carbonyl (C=O) groups excluding carboxylic acids is 2. The van der Waals surface area contributed by atoms with Gasteiger partial charge >= 0.3 is 0 Å². The lowest BCUT2D eigenvalue weighted by atomic mass is 10.0. The number of thiophene rings is 1. The Bertz CT molecular complexity index is 1070. The molecular weight excluding hydrogens is 424 g/mol. The van der Waals surface area contributed by atoms with Crippen molar-refractivity contribution in [2.24, 2.45) is 0 Å². The Balaban J connectivity index is 1.51. The molecule has 7 heteroatoms. The number of aryl methyl sites for hydroxylation is 1. The van der Waals surface area contributed by atoms with Crippen molar-refractivity contribution in [2.75, 3.05) is 26.2 Å². The highest BCUT2D eigenvalue weighted by atomic mass is 32.1. The van der Waals surface area contributed by atoms with Crippen molar-refractivity contribution in [1.82, 2.24) is 9.80 Å². The predicted molar refractivity (Wildman–Crippen MR) is 124 cm³/mol. The highest BCUT2D eigenvalue weighted by molar-refractivity contribution is 7.10. The third-order valence-electron chi connectivity index (χ3n) is 5.54. The third-order valence-corrected chi connectivity index (χ3v) is 6.54. The Morgan fingerprint density at radius 2 is 2.09 bits per heavy atom. The summed E-state index contributed by atoms with van der Waals surface area (Å²) in [7, 11) is 0. The summed E-state index contributed by atoms with van der Waals surface area (Å²) in [6.07, 6.45) is 3.86. The molecule has 0 radical (unpaired) electrons. The van der Waals surface area contributed by atoms with E-state index in [-0.39, 0.29) is 36.7 Å². The summed E-state index contributed by atoms with van der Waals surface area (Å²) in [5.74, 6) is 0.523. The average molecular weight is 451 g/mol. The Morgan fingerprint density at radius 1 is 1.28 bits per heavy atom. The maximum absolute atomic E-state index is 13.4. The van der Waals surface area contributed by atoms with Gasteiger partial charge in [0.05, 0.1) is 12.3 Å². The van der Waals surface area contributed by atoms with E-state index in [1.807, 2.05) is 36.1 Å². The average Bonchev–Trinajstić information content (AvgIpc) is 3.50. The van der Waals surface area contributed by atoms with E-state index >= 15 is 0 Å². The van der Waals surface area contributed by atoms with Gasteiger partial charge in [0.15, 0.2) is 5.76 Å². The van der Waals surface area contributed by atoms with E-state index in [0.717, 1.165) is 23.3 Å². The van der Waals surface area contributed by atoms with Crippen molar-refractivity contribution in [3.8, 4) is 5.75 Å². The highest BCUT2D eigenvalue weighted by Crippen LogP contribution is 2.34. The van der Waals surface area contributed by atoms with Crippen LogP contribution in [-0.2, 0) is 11.2 Å². The van der Waals surface area contributed by atoms with Crippen LogP contribution in [0.4, 0.5) is 0 Å². The van der Waals surface area contributed by atoms with Gasteiger partial charge in [-0.15, -0.1) is 17.9 Å². The SMILES string of the molecule is C=CCN(CC(=O)N1CCc2sccc2[C@H]1COc1ccc(C)cc1)C(=O)c1ccco1. The second-order valence-electron chi connectivity index (χ2n) is 7.73. The van der Waals surface area contributed by atoms with Gasteiger partial charge in [0.2, 0.25) is 5.91 Å². The first-order valence-corrected chi connectivity index (χ1v) is 11.4. The molecule has 0 spiro atoms. The summed E-state index contributed by atoms with van der Waals surface area (Å²) in [4.78, 5) is 30.7. The molecule has 4 rings (SSSR count). The molecule has 3 aromatic rings. The van der Waals surface area contributed by atoms with E-state index in [0.29, 0.717) is 13.2 Å². The second kappa shape index (κ2) is 9.87. The van der Waals surface area contributed by atoms with Crippen LogP contribution in [0.5, 0.6) is 5.75 Å². The summed E-state index contributed by atoms with van der Waals surface area (Å²) in [5.41, 5.74) is 2.28. The fourth-order valence-electron chi connectivity index (χ4n) is 3.87. The van der Waals surface area contributed by atoms with E-state index in [9.17, 15) is 9.59 Å². The van der Waals surface area contributed by atoms with E-state index in [4.69, 9.17) is 9.15 Å². The number of furan rings is 1. The second-order valence-corrected chi connectivity index (χ2v) is 8.73. The smallest absolute Gasteiger partial charge is 0.290 e. The molecule has 2 amide bonds. The number of nitrogens with zero attached hydrogens (tertiary/aromatic N) is 2. The van der Waals surface area contributed by atoms with Crippen molar-refractivity contribution in [3.05, 3.63) is 88.5 Å². The van der Waals surface area contributed by atoms with Crippen LogP contribution in [0.2, 0.25) is 0 Å². The molecule has 1 aliphatic heterocycles. The van der Waals surface area contributed by atoms with Crippen LogP contribution in [0.1, 0.15) is 32.6 Å². The summed E-state index contributed by atoms with van der Waals surface area (Å²) in [6, 6.07) is 13.0. The highest BCUT2D eigenvalue weighted by Gasteiger charge is 2.33. The third kappa shape index (κ3) is 4.78. The van der Waals surface area contributed by atoms with Crippen molar-refractivity contribution < 1.29 is 18.7 Å². The molecule has 0 unspecified atom stereocenters. The van der Waals surface area contributed by atoms with E-state index in [2.05, 4.69) is 18.0 Å². The van der Waals surface area contributed by atoms with Gasteiger partial charge < -0.3 is 19.0 Å². The molecule has 1 aromatic carbocycles. The van der Waals surface area contributed by atoms with Gasteiger partial charge in [-0.25, -0.2) is 0 Å². The van der Waals surface area contributed by atoms with Crippen LogP contribution in [0.3, 0.4) is 0 Å².